The maximum absolute atomic E-state index is 11.8. The molecular formula is C23H46N4O5. The van der Waals surface area contributed by atoms with Gasteiger partial charge >= 0.3 is 12.2 Å². The molecule has 0 saturated carbocycles. The molecule has 2 aliphatic heterocycles. The van der Waals surface area contributed by atoms with Gasteiger partial charge in [-0.15, -0.1) is 0 Å². The molecule has 0 aromatic carbocycles. The zero-order chi connectivity index (χ0) is 24.4. The Morgan fingerprint density at radius 1 is 0.688 bits per heavy atom. The number of β-amino-alcohol motifs (C(OH)–C–C–N with tert-alkyl or cyclic N) is 1. The molecule has 0 unspecified atom stereocenters. The third-order valence-corrected chi connectivity index (χ3v) is 5.00. The number of piperazine rings is 2. The average Bonchev–Trinajstić information content (AvgIpc) is 2.67. The van der Waals surface area contributed by atoms with E-state index in [0.717, 1.165) is 45.8 Å². The number of aliphatic hydroxyl groups excluding tert-OH is 1. The molecule has 2 fully saturated rings. The molecule has 0 radical (unpaired) electrons. The molecule has 2 rings (SSSR count). The van der Waals surface area contributed by atoms with Crippen molar-refractivity contribution in [1.29, 1.82) is 0 Å². The van der Waals surface area contributed by atoms with E-state index in [2.05, 4.69) is 16.7 Å². The van der Waals surface area contributed by atoms with E-state index in [1.54, 1.807) is 9.80 Å². The molecular weight excluding hydrogens is 412 g/mol. The van der Waals surface area contributed by atoms with Gasteiger partial charge in [-0.2, -0.15) is 0 Å². The predicted molar refractivity (Wildman–Crippen MR) is 126 cm³/mol. The number of rotatable bonds is 4. The first kappa shape index (κ1) is 28.5. The molecule has 2 amide bonds. The third-order valence-electron chi connectivity index (χ3n) is 5.00. The number of hydrogen-bond acceptors (Lipinski definition) is 7. The van der Waals surface area contributed by atoms with Gasteiger partial charge in [0, 0.05) is 58.9 Å². The standard InChI is InChI=1S/C12H24N2O2.C11H22N2O3/c1-5-6-13-7-9-14(10-8-13)11(15)16-12(2,3)4;1-11(2,3)16-10(15)13-6-4-12(5-7-13)8-9-14/h5-10H2,1-4H3;14H,4-9H2,1-3H3. The van der Waals surface area contributed by atoms with Gasteiger partial charge in [0.15, 0.2) is 0 Å². The van der Waals surface area contributed by atoms with E-state index in [1.165, 1.54) is 6.42 Å². The largest absolute Gasteiger partial charge is 0.444 e. The summed E-state index contributed by atoms with van der Waals surface area (Å²) >= 11 is 0. The smallest absolute Gasteiger partial charge is 0.410 e. The van der Waals surface area contributed by atoms with E-state index in [4.69, 9.17) is 14.6 Å². The quantitative estimate of drug-likeness (QED) is 0.693. The minimum atomic E-state index is -0.431. The molecule has 0 spiro atoms. The molecule has 0 aliphatic carbocycles. The van der Waals surface area contributed by atoms with Crippen LogP contribution in [0.3, 0.4) is 0 Å². The van der Waals surface area contributed by atoms with Crippen molar-refractivity contribution in [3.8, 4) is 0 Å². The van der Waals surface area contributed by atoms with Gasteiger partial charge in [0.2, 0.25) is 0 Å². The van der Waals surface area contributed by atoms with Crippen molar-refractivity contribution in [2.24, 2.45) is 0 Å². The van der Waals surface area contributed by atoms with Crippen molar-refractivity contribution in [1.82, 2.24) is 19.6 Å². The number of hydrogen-bond donors (Lipinski definition) is 1. The SMILES string of the molecule is CC(C)(C)OC(=O)N1CCN(CCO)CC1.CCCN1CCN(C(=O)OC(C)(C)C)CC1. The van der Waals surface area contributed by atoms with E-state index in [9.17, 15) is 9.59 Å². The number of ether oxygens (including phenoxy) is 2. The zero-order valence-electron chi connectivity index (χ0n) is 21.4. The number of carbonyl (C=O) groups excluding carboxylic acids is 2. The van der Waals surface area contributed by atoms with Crippen LogP contribution in [0.25, 0.3) is 0 Å². The van der Waals surface area contributed by atoms with Gasteiger partial charge < -0.3 is 24.4 Å². The first-order valence-corrected chi connectivity index (χ1v) is 11.9. The Hall–Kier alpha value is -1.58. The summed E-state index contributed by atoms with van der Waals surface area (Å²) in [5, 5.41) is 8.80. The number of amides is 2. The third kappa shape index (κ3) is 11.9. The van der Waals surface area contributed by atoms with Crippen molar-refractivity contribution in [2.45, 2.75) is 66.1 Å². The molecule has 32 heavy (non-hydrogen) atoms. The van der Waals surface area contributed by atoms with E-state index in [-0.39, 0.29) is 18.8 Å². The second-order valence-electron chi connectivity index (χ2n) is 10.3. The summed E-state index contributed by atoms with van der Waals surface area (Å²) in [5.41, 5.74) is -0.822. The van der Waals surface area contributed by atoms with Crippen molar-refractivity contribution in [3.05, 3.63) is 0 Å². The number of aliphatic hydroxyl groups is 1. The van der Waals surface area contributed by atoms with Gasteiger partial charge in [-0.3, -0.25) is 9.80 Å². The lowest BCUT2D eigenvalue weighted by atomic mass is 10.2. The Kier molecular flexibility index (Phi) is 11.7. The van der Waals surface area contributed by atoms with E-state index in [1.807, 2.05) is 41.5 Å². The summed E-state index contributed by atoms with van der Waals surface area (Å²) in [6, 6.07) is 0. The summed E-state index contributed by atoms with van der Waals surface area (Å²) < 4.78 is 10.6. The van der Waals surface area contributed by atoms with Crippen molar-refractivity contribution in [3.63, 3.8) is 0 Å². The fourth-order valence-corrected chi connectivity index (χ4v) is 3.42. The summed E-state index contributed by atoms with van der Waals surface area (Å²) in [7, 11) is 0. The Morgan fingerprint density at radius 3 is 1.31 bits per heavy atom. The Morgan fingerprint density at radius 2 is 1.03 bits per heavy atom. The van der Waals surface area contributed by atoms with Crippen LogP contribution >= 0.6 is 0 Å². The second kappa shape index (κ2) is 13.2. The fraction of sp³-hybridized carbons (Fsp3) is 0.913. The molecule has 0 aromatic rings. The lowest BCUT2D eigenvalue weighted by Crippen LogP contribution is -2.50. The topological polar surface area (TPSA) is 85.8 Å². The van der Waals surface area contributed by atoms with Crippen LogP contribution < -0.4 is 0 Å². The van der Waals surface area contributed by atoms with Crippen LogP contribution in [0.5, 0.6) is 0 Å². The van der Waals surface area contributed by atoms with Crippen LogP contribution in [0.1, 0.15) is 54.9 Å². The van der Waals surface area contributed by atoms with Crippen molar-refractivity contribution in [2.75, 3.05) is 72.1 Å². The van der Waals surface area contributed by atoms with Crippen LogP contribution in [0.4, 0.5) is 9.59 Å². The van der Waals surface area contributed by atoms with E-state index >= 15 is 0 Å². The van der Waals surface area contributed by atoms with Gasteiger partial charge in [0.1, 0.15) is 11.2 Å². The summed E-state index contributed by atoms with van der Waals surface area (Å²) in [6.07, 6.45) is 0.756. The predicted octanol–water partition coefficient (Wildman–Crippen LogP) is 2.48. The minimum absolute atomic E-state index is 0.173. The van der Waals surface area contributed by atoms with Gasteiger partial charge in [0.05, 0.1) is 6.61 Å². The molecule has 2 heterocycles. The normalized spacial score (nSPS) is 18.6. The van der Waals surface area contributed by atoms with E-state index < -0.39 is 11.2 Å². The maximum atomic E-state index is 11.8. The van der Waals surface area contributed by atoms with Crippen LogP contribution in [0.2, 0.25) is 0 Å². The number of nitrogens with zero attached hydrogens (tertiary/aromatic N) is 4. The molecule has 188 valence electrons. The molecule has 1 N–H and O–H groups in total. The highest BCUT2D eigenvalue weighted by Crippen LogP contribution is 2.12. The highest BCUT2D eigenvalue weighted by atomic mass is 16.6. The lowest BCUT2D eigenvalue weighted by molar-refractivity contribution is 0.0129. The van der Waals surface area contributed by atoms with Crippen LogP contribution in [-0.4, -0.2) is 120 Å². The summed E-state index contributed by atoms with van der Waals surface area (Å²) in [5.74, 6) is 0. The molecule has 2 saturated heterocycles. The Bertz CT molecular complexity index is 508. The maximum Gasteiger partial charge on any atom is 0.410 e. The molecule has 0 bridgehead atoms. The van der Waals surface area contributed by atoms with Crippen LogP contribution in [0.15, 0.2) is 0 Å². The van der Waals surface area contributed by atoms with E-state index in [0.29, 0.717) is 19.6 Å². The highest BCUT2D eigenvalue weighted by molar-refractivity contribution is 5.68. The summed E-state index contributed by atoms with van der Waals surface area (Å²) in [4.78, 5) is 31.5. The fourth-order valence-electron chi connectivity index (χ4n) is 3.42. The summed E-state index contributed by atoms with van der Waals surface area (Å²) in [6.45, 7) is 21.9. The first-order chi connectivity index (χ1) is 14.8. The average molecular weight is 459 g/mol. The molecule has 2 aliphatic rings. The lowest BCUT2D eigenvalue weighted by Gasteiger charge is -2.35. The van der Waals surface area contributed by atoms with Gasteiger partial charge in [-0.1, -0.05) is 6.92 Å². The second-order valence-corrected chi connectivity index (χ2v) is 10.3. The highest BCUT2D eigenvalue weighted by Gasteiger charge is 2.26. The molecule has 9 heteroatoms. The van der Waals surface area contributed by atoms with Crippen LogP contribution in [0, 0.1) is 0 Å². The zero-order valence-corrected chi connectivity index (χ0v) is 21.4. The first-order valence-electron chi connectivity index (χ1n) is 11.9. The van der Waals surface area contributed by atoms with Crippen molar-refractivity contribution < 1.29 is 24.2 Å². The Balaban J connectivity index is 0.000000320. The van der Waals surface area contributed by atoms with Gasteiger partial charge in [0.25, 0.3) is 0 Å². The number of carbonyl (C=O) groups is 2. The van der Waals surface area contributed by atoms with Gasteiger partial charge in [-0.25, -0.2) is 9.59 Å². The van der Waals surface area contributed by atoms with Crippen molar-refractivity contribution >= 4 is 12.2 Å². The monoisotopic (exact) mass is 458 g/mol. The molecule has 0 aromatic heterocycles. The van der Waals surface area contributed by atoms with Gasteiger partial charge in [-0.05, 0) is 54.5 Å². The minimum Gasteiger partial charge on any atom is -0.444 e. The molecule has 0 atom stereocenters. The molecule has 9 nitrogen and oxygen atoms in total. The van der Waals surface area contributed by atoms with Crippen LogP contribution in [-0.2, 0) is 9.47 Å². The Labute approximate surface area is 194 Å².